The van der Waals surface area contributed by atoms with Gasteiger partial charge in [-0.25, -0.2) is 29.1 Å². The lowest BCUT2D eigenvalue weighted by atomic mass is 9.96. The zero-order valence-corrected chi connectivity index (χ0v) is 47.0. The molecule has 2 N–H and O–H groups in total. The molecule has 0 aliphatic heterocycles. The number of benzene rings is 4. The van der Waals surface area contributed by atoms with E-state index in [0.29, 0.717) is 82.5 Å². The van der Waals surface area contributed by atoms with Crippen molar-refractivity contribution in [2.45, 2.75) is 110 Å². The number of aliphatic hydroxyl groups excluding tert-OH is 1. The molecule has 0 fully saturated rings. The lowest BCUT2D eigenvalue weighted by molar-refractivity contribution is -0.145. The quantitative estimate of drug-likeness (QED) is 0.0694. The number of ether oxygens (including phenoxy) is 4. The van der Waals surface area contributed by atoms with E-state index in [9.17, 15) is 19.4 Å². The molecule has 0 spiro atoms. The molecule has 3 heterocycles. The molecule has 7 rings (SSSR count). The molecule has 0 aliphatic carbocycles. The van der Waals surface area contributed by atoms with E-state index in [-0.39, 0.29) is 42.2 Å². The zero-order valence-electron chi connectivity index (χ0n) is 43.4. The molecule has 4 aromatic carbocycles. The number of carboxylic acid groups (broad SMARTS) is 1. The maximum atomic E-state index is 14.4. The number of rotatable bonds is 20. The summed E-state index contributed by atoms with van der Waals surface area (Å²) in [5, 5.41) is 22.4. The number of carboxylic acids is 1. The second kappa shape index (κ2) is 22.3. The number of fused-ring (bicyclic) bond motifs is 1. The fourth-order valence-corrected chi connectivity index (χ4v) is 10.8. The highest BCUT2D eigenvalue weighted by molar-refractivity contribution is 7.22. The third-order valence-electron chi connectivity index (χ3n) is 13.6. The highest BCUT2D eigenvalue weighted by Crippen LogP contribution is 2.50. The van der Waals surface area contributed by atoms with Gasteiger partial charge in [0.05, 0.1) is 35.4 Å². The molecule has 0 aliphatic rings. The number of aliphatic hydroxyl groups is 1. The third kappa shape index (κ3) is 12.7. The minimum absolute atomic E-state index is 0.0127. The summed E-state index contributed by atoms with van der Waals surface area (Å²) in [7, 11) is -2.87. The average molecular weight is 1070 g/mol. The number of para-hydroxylation sites is 1. The van der Waals surface area contributed by atoms with Gasteiger partial charge in [-0.3, -0.25) is 0 Å². The van der Waals surface area contributed by atoms with Gasteiger partial charge in [0.1, 0.15) is 59.3 Å². The van der Waals surface area contributed by atoms with Crippen LogP contribution in [0, 0.1) is 12.7 Å². The molecular formula is C55H64ClFN4O9SSi2. The lowest BCUT2D eigenvalue weighted by Crippen LogP contribution is -2.43. The number of aromatic nitrogens is 4. The smallest absolute Gasteiger partial charge is 0.345 e. The molecule has 13 nitrogen and oxygen atoms in total. The minimum atomic E-state index is -2.35. The Labute approximate surface area is 437 Å². The van der Waals surface area contributed by atoms with Gasteiger partial charge < -0.3 is 38.0 Å². The molecule has 0 amide bonds. The molecule has 0 bridgehead atoms. The van der Waals surface area contributed by atoms with Crippen molar-refractivity contribution in [3.05, 3.63) is 125 Å². The molecule has 7 aromatic rings. The van der Waals surface area contributed by atoms with Gasteiger partial charge in [-0.15, -0.1) is 11.3 Å². The summed E-state index contributed by atoms with van der Waals surface area (Å²) in [5.74, 6) is 0.765. The Kier molecular flexibility index (Phi) is 16.7. The van der Waals surface area contributed by atoms with E-state index in [4.69, 9.17) is 44.4 Å². The molecule has 0 saturated carbocycles. The molecule has 18 heteroatoms. The fraction of sp³-hybridized carbons (Fsp3) is 0.364. The molecule has 0 radical (unpaired) electrons. The van der Waals surface area contributed by atoms with Crippen LogP contribution in [0.5, 0.6) is 28.9 Å². The average Bonchev–Trinajstić information content (AvgIpc) is 3.73. The van der Waals surface area contributed by atoms with E-state index < -0.39 is 40.6 Å². The number of aliphatic carboxylic acids is 1. The van der Waals surface area contributed by atoms with Gasteiger partial charge in [0.2, 0.25) is 20.3 Å². The summed E-state index contributed by atoms with van der Waals surface area (Å²) in [5.41, 5.74) is 4.38. The first-order chi connectivity index (χ1) is 34.4. The van der Waals surface area contributed by atoms with Crippen LogP contribution < -0.4 is 23.4 Å². The molecule has 73 heavy (non-hydrogen) atoms. The van der Waals surface area contributed by atoms with Gasteiger partial charge in [-0.1, -0.05) is 83.5 Å². The second-order valence-corrected chi connectivity index (χ2v) is 31.8. The third-order valence-corrected chi connectivity index (χ3v) is 24.1. The summed E-state index contributed by atoms with van der Waals surface area (Å²) in [6, 6.07) is 24.3. The molecule has 2 atom stereocenters. The Bertz CT molecular complexity index is 3090. The van der Waals surface area contributed by atoms with Crippen molar-refractivity contribution in [1.82, 2.24) is 19.9 Å². The van der Waals surface area contributed by atoms with Crippen LogP contribution in [-0.4, -0.2) is 85.3 Å². The largest absolute Gasteiger partial charge is 0.543 e. The Morgan fingerprint density at radius 3 is 2.21 bits per heavy atom. The zero-order chi connectivity index (χ0) is 53.0. The Morgan fingerprint density at radius 1 is 0.822 bits per heavy atom. The highest BCUT2D eigenvalue weighted by Gasteiger charge is 2.40. The van der Waals surface area contributed by atoms with Crippen molar-refractivity contribution in [2.24, 2.45) is 0 Å². The highest BCUT2D eigenvalue weighted by atomic mass is 35.5. The summed E-state index contributed by atoms with van der Waals surface area (Å²) >= 11 is 8.41. The molecule has 0 saturated heterocycles. The van der Waals surface area contributed by atoms with E-state index in [1.54, 1.807) is 43.6 Å². The van der Waals surface area contributed by atoms with Crippen LogP contribution in [0.1, 0.15) is 58.4 Å². The van der Waals surface area contributed by atoms with E-state index >= 15 is 0 Å². The SMILES string of the molecule is COc1ccccc1-c1nccc(COc2ccc(O[Si](C)(C)C(C)(C)C)cc2CC(Oc2ncnc3sc(-c4ccc(F)cc4)c(-c4ccc(OC[C@H](O)CO[Si](C)(C)C(C)(C)C)c(Cl)c4C)c23)C(=O)O)n1. The van der Waals surface area contributed by atoms with Crippen molar-refractivity contribution < 1.29 is 47.2 Å². The van der Waals surface area contributed by atoms with Gasteiger partial charge in [0, 0.05) is 28.6 Å². The van der Waals surface area contributed by atoms with E-state index in [2.05, 4.69) is 82.7 Å². The summed E-state index contributed by atoms with van der Waals surface area (Å²) < 4.78 is 52.0. The van der Waals surface area contributed by atoms with Crippen LogP contribution in [0.2, 0.25) is 41.3 Å². The second-order valence-electron chi connectivity index (χ2n) is 20.9. The van der Waals surface area contributed by atoms with E-state index in [1.807, 2.05) is 49.4 Å². The number of halogens is 2. The van der Waals surface area contributed by atoms with Crippen molar-refractivity contribution in [2.75, 3.05) is 20.3 Å². The van der Waals surface area contributed by atoms with Crippen LogP contribution >= 0.6 is 22.9 Å². The first-order valence-corrected chi connectivity index (χ1v) is 31.0. The van der Waals surface area contributed by atoms with E-state index in [1.165, 1.54) is 29.8 Å². The van der Waals surface area contributed by atoms with Crippen LogP contribution in [0.3, 0.4) is 0 Å². The van der Waals surface area contributed by atoms with Crippen molar-refractivity contribution >= 4 is 55.8 Å². The number of methoxy groups -OCH3 is 1. The Hall–Kier alpha value is -5.96. The number of hydrogen-bond donors (Lipinski definition) is 2. The number of carbonyl (C=O) groups is 1. The summed E-state index contributed by atoms with van der Waals surface area (Å²) in [4.78, 5) is 33.1. The number of hydrogen-bond acceptors (Lipinski definition) is 13. The monoisotopic (exact) mass is 1070 g/mol. The molecular weight excluding hydrogens is 1000 g/mol. The van der Waals surface area contributed by atoms with Gasteiger partial charge in [0.15, 0.2) is 14.1 Å². The fourth-order valence-electron chi connectivity index (χ4n) is 7.32. The van der Waals surface area contributed by atoms with Crippen LogP contribution in [-0.2, 0) is 22.2 Å². The summed E-state index contributed by atoms with van der Waals surface area (Å²) in [6.45, 7) is 23.3. The standard InChI is InChI=1S/C55H64ClFN4O9SSi2/c1-33-40(22-24-44(48(33)56)67-30-38(62)31-68-72(9,10)54(2,3)4)46-47-51(59-32-60-52(47)71-49(46)34-17-19-36(57)20-18-34)69-45(53(63)64)28-35-27-39(70-73(11,12)55(5,6)7)21-23-42(35)66-29-37-25-26-58-50(61-37)41-15-13-14-16-43(41)65-8/h13-27,32,38,45,62H,28-31H2,1-12H3,(H,63,64)/t38-,45?/m0/s1. The van der Waals surface area contributed by atoms with Crippen LogP contribution in [0.15, 0.2) is 97.5 Å². The van der Waals surface area contributed by atoms with Crippen molar-refractivity contribution in [3.8, 4) is 61.8 Å². The van der Waals surface area contributed by atoms with Crippen molar-refractivity contribution in [1.29, 1.82) is 0 Å². The van der Waals surface area contributed by atoms with Crippen molar-refractivity contribution in [3.63, 3.8) is 0 Å². The van der Waals surface area contributed by atoms with Gasteiger partial charge in [0.25, 0.3) is 0 Å². The normalized spacial score (nSPS) is 13.1. The topological polar surface area (TPSA) is 164 Å². The Morgan fingerprint density at radius 2 is 1.52 bits per heavy atom. The number of nitrogens with zero attached hydrogens (tertiary/aromatic N) is 4. The van der Waals surface area contributed by atoms with E-state index in [0.717, 1.165) is 5.56 Å². The maximum absolute atomic E-state index is 14.4. The predicted octanol–water partition coefficient (Wildman–Crippen LogP) is 13.4. The van der Waals surface area contributed by atoms with Gasteiger partial charge in [-0.05, 0) is 114 Å². The maximum Gasteiger partial charge on any atom is 0.345 e. The first kappa shape index (κ1) is 54.8. The lowest BCUT2D eigenvalue weighted by Gasteiger charge is -2.36. The first-order valence-electron chi connectivity index (χ1n) is 23.9. The summed E-state index contributed by atoms with van der Waals surface area (Å²) in [6.07, 6.45) is 0.426. The number of thiophene rings is 1. The van der Waals surface area contributed by atoms with Gasteiger partial charge in [-0.2, -0.15) is 0 Å². The van der Waals surface area contributed by atoms with Crippen LogP contribution in [0.4, 0.5) is 4.39 Å². The predicted molar refractivity (Wildman–Crippen MR) is 291 cm³/mol. The molecule has 1 unspecified atom stereocenters. The minimum Gasteiger partial charge on any atom is -0.543 e. The Balaban J connectivity index is 1.24. The van der Waals surface area contributed by atoms with Gasteiger partial charge >= 0.3 is 5.97 Å². The van der Waals surface area contributed by atoms with Crippen LogP contribution in [0.25, 0.3) is 43.2 Å². The molecule has 386 valence electrons. The molecule has 3 aromatic heterocycles.